The Bertz CT molecular complexity index is 342. The maximum absolute atomic E-state index is 12.7. The summed E-state index contributed by atoms with van der Waals surface area (Å²) >= 11 is 3.06. The summed E-state index contributed by atoms with van der Waals surface area (Å²) in [5.41, 5.74) is 0.770. The van der Waals surface area contributed by atoms with Crippen molar-refractivity contribution in [2.75, 3.05) is 0 Å². The highest BCUT2D eigenvalue weighted by molar-refractivity contribution is 9.08. The Labute approximate surface area is 89.3 Å². The van der Waals surface area contributed by atoms with Crippen molar-refractivity contribution in [2.24, 2.45) is 0 Å². The predicted molar refractivity (Wildman–Crippen MR) is 53.5 cm³/mol. The molecule has 0 N–H and O–H groups in total. The Morgan fingerprint density at radius 1 is 1.21 bits per heavy atom. The van der Waals surface area contributed by atoms with E-state index >= 15 is 0 Å². The predicted octanol–water partition coefficient (Wildman–Crippen LogP) is 4.22. The quantitative estimate of drug-likeness (QED) is 0.668. The first-order chi connectivity index (χ1) is 6.38. The minimum atomic E-state index is -4.26. The fourth-order valence-electron chi connectivity index (χ4n) is 1.38. The van der Waals surface area contributed by atoms with E-state index in [1.165, 1.54) is 13.0 Å². The van der Waals surface area contributed by atoms with Gasteiger partial charge in [0.25, 0.3) is 0 Å². The molecule has 0 aliphatic heterocycles. The molecule has 1 aromatic rings. The topological polar surface area (TPSA) is 0 Å². The molecule has 1 rings (SSSR count). The lowest BCUT2D eigenvalue weighted by Gasteiger charge is -2.15. The molecule has 0 unspecified atom stereocenters. The lowest BCUT2D eigenvalue weighted by Crippen LogP contribution is -2.11. The Balaban J connectivity index is 3.44. The first-order valence-electron chi connectivity index (χ1n) is 4.10. The summed E-state index contributed by atoms with van der Waals surface area (Å²) in [4.78, 5) is 0. The summed E-state index contributed by atoms with van der Waals surface area (Å²) in [5.74, 6) is 0. The van der Waals surface area contributed by atoms with Crippen LogP contribution in [0.1, 0.15) is 22.3 Å². The highest BCUT2D eigenvalue weighted by Crippen LogP contribution is 2.36. The second-order valence-corrected chi connectivity index (χ2v) is 3.73. The minimum Gasteiger partial charge on any atom is -0.166 e. The highest BCUT2D eigenvalue weighted by atomic mass is 79.9. The molecule has 14 heavy (non-hydrogen) atoms. The molecule has 0 heterocycles. The normalized spacial score (nSPS) is 11.9. The van der Waals surface area contributed by atoms with E-state index in [1.807, 2.05) is 0 Å². The van der Waals surface area contributed by atoms with E-state index in [-0.39, 0.29) is 5.33 Å². The van der Waals surface area contributed by atoms with Gasteiger partial charge in [0.05, 0.1) is 5.56 Å². The first-order valence-corrected chi connectivity index (χ1v) is 5.22. The smallest absolute Gasteiger partial charge is 0.166 e. The van der Waals surface area contributed by atoms with E-state index in [0.717, 1.165) is 0 Å². The molecule has 0 spiro atoms. The zero-order valence-electron chi connectivity index (χ0n) is 7.87. The van der Waals surface area contributed by atoms with Gasteiger partial charge < -0.3 is 0 Å². The molecule has 1 aromatic carbocycles. The number of hydrogen-bond donors (Lipinski definition) is 0. The molecule has 0 saturated heterocycles. The van der Waals surface area contributed by atoms with Gasteiger partial charge >= 0.3 is 6.18 Å². The van der Waals surface area contributed by atoms with Crippen LogP contribution >= 0.6 is 15.9 Å². The number of hydrogen-bond acceptors (Lipinski definition) is 0. The van der Waals surface area contributed by atoms with Gasteiger partial charge in [0.2, 0.25) is 0 Å². The molecule has 0 aliphatic carbocycles. The molecule has 0 nitrogen and oxygen atoms in total. The molecule has 0 aliphatic rings. The van der Waals surface area contributed by atoms with Gasteiger partial charge in [0.1, 0.15) is 0 Å². The zero-order chi connectivity index (χ0) is 10.9. The van der Waals surface area contributed by atoms with Crippen LogP contribution in [-0.4, -0.2) is 0 Å². The minimum absolute atomic E-state index is 0.225. The fraction of sp³-hybridized carbons (Fsp3) is 0.400. The Hall–Kier alpha value is -0.510. The molecule has 0 saturated carbocycles. The van der Waals surface area contributed by atoms with Crippen molar-refractivity contribution < 1.29 is 13.2 Å². The maximum Gasteiger partial charge on any atom is 0.416 e. The summed E-state index contributed by atoms with van der Waals surface area (Å²) in [6.45, 7) is 3.19. The first kappa shape index (κ1) is 11.6. The molecule has 0 amide bonds. The number of benzene rings is 1. The molecular weight excluding hydrogens is 257 g/mol. The number of aryl methyl sites for hydroxylation is 1. The molecule has 0 aromatic heterocycles. The standard InChI is InChI=1S/C10H10BrF3/c1-6-3-4-8(5-11)9(7(6)2)10(12,13)14/h3-4H,5H2,1-2H3. The number of alkyl halides is 4. The largest absolute Gasteiger partial charge is 0.416 e. The van der Waals surface area contributed by atoms with Crippen LogP contribution < -0.4 is 0 Å². The third-order valence-electron chi connectivity index (χ3n) is 2.25. The highest BCUT2D eigenvalue weighted by Gasteiger charge is 2.35. The molecule has 0 atom stereocenters. The van der Waals surface area contributed by atoms with Gasteiger partial charge in [-0.05, 0) is 30.5 Å². The van der Waals surface area contributed by atoms with Crippen LogP contribution in [0.25, 0.3) is 0 Å². The van der Waals surface area contributed by atoms with E-state index in [4.69, 9.17) is 0 Å². The molecule has 78 valence electrons. The van der Waals surface area contributed by atoms with E-state index in [9.17, 15) is 13.2 Å². The zero-order valence-corrected chi connectivity index (χ0v) is 9.46. The molecular formula is C10H10BrF3. The van der Waals surface area contributed by atoms with Gasteiger partial charge in [-0.15, -0.1) is 0 Å². The summed E-state index contributed by atoms with van der Waals surface area (Å²) in [7, 11) is 0. The summed E-state index contributed by atoms with van der Waals surface area (Å²) in [6.07, 6.45) is -4.26. The van der Waals surface area contributed by atoms with Crippen molar-refractivity contribution in [1.29, 1.82) is 0 Å². The van der Waals surface area contributed by atoms with Crippen molar-refractivity contribution in [1.82, 2.24) is 0 Å². The van der Waals surface area contributed by atoms with Gasteiger partial charge in [-0.3, -0.25) is 0 Å². The maximum atomic E-state index is 12.7. The second kappa shape index (κ2) is 3.93. The van der Waals surface area contributed by atoms with E-state index in [1.54, 1.807) is 13.0 Å². The van der Waals surface area contributed by atoms with Crippen LogP contribution in [-0.2, 0) is 11.5 Å². The van der Waals surface area contributed by atoms with Gasteiger partial charge in [-0.25, -0.2) is 0 Å². The van der Waals surface area contributed by atoms with Gasteiger partial charge in [-0.2, -0.15) is 13.2 Å². The van der Waals surface area contributed by atoms with Crippen LogP contribution in [0.2, 0.25) is 0 Å². The van der Waals surface area contributed by atoms with Crippen LogP contribution in [0.15, 0.2) is 12.1 Å². The van der Waals surface area contributed by atoms with E-state index in [0.29, 0.717) is 16.7 Å². The summed E-state index contributed by atoms with van der Waals surface area (Å²) in [6, 6.07) is 3.22. The average molecular weight is 267 g/mol. The van der Waals surface area contributed by atoms with Crippen molar-refractivity contribution in [3.05, 3.63) is 34.4 Å². The molecule has 0 bridgehead atoms. The second-order valence-electron chi connectivity index (χ2n) is 3.17. The van der Waals surface area contributed by atoms with E-state index < -0.39 is 11.7 Å². The van der Waals surface area contributed by atoms with Crippen LogP contribution in [0, 0.1) is 13.8 Å². The van der Waals surface area contributed by atoms with Crippen molar-refractivity contribution in [3.8, 4) is 0 Å². The van der Waals surface area contributed by atoms with Crippen LogP contribution in [0.3, 0.4) is 0 Å². The van der Waals surface area contributed by atoms with Gasteiger partial charge in [0.15, 0.2) is 0 Å². The lowest BCUT2D eigenvalue weighted by molar-refractivity contribution is -0.138. The van der Waals surface area contributed by atoms with Crippen molar-refractivity contribution in [2.45, 2.75) is 25.4 Å². The van der Waals surface area contributed by atoms with Gasteiger partial charge in [0, 0.05) is 5.33 Å². The molecule has 0 radical (unpaired) electrons. The average Bonchev–Trinajstić information content (AvgIpc) is 2.07. The lowest BCUT2D eigenvalue weighted by atomic mass is 9.98. The summed E-state index contributed by atoms with van der Waals surface area (Å²) < 4.78 is 38.0. The molecule has 0 fully saturated rings. The third kappa shape index (κ3) is 2.11. The molecule has 4 heteroatoms. The van der Waals surface area contributed by atoms with Crippen molar-refractivity contribution in [3.63, 3.8) is 0 Å². The number of halogens is 4. The third-order valence-corrected chi connectivity index (χ3v) is 2.85. The van der Waals surface area contributed by atoms with Crippen molar-refractivity contribution >= 4 is 15.9 Å². The van der Waals surface area contributed by atoms with E-state index in [2.05, 4.69) is 15.9 Å². The van der Waals surface area contributed by atoms with Gasteiger partial charge in [-0.1, -0.05) is 28.1 Å². The Morgan fingerprint density at radius 3 is 2.21 bits per heavy atom. The Kier molecular flexibility index (Phi) is 3.24. The summed E-state index contributed by atoms with van der Waals surface area (Å²) in [5, 5.41) is 0.225. The SMILES string of the molecule is Cc1ccc(CBr)c(C(F)(F)F)c1C. The Morgan fingerprint density at radius 2 is 1.79 bits per heavy atom. The monoisotopic (exact) mass is 266 g/mol. The van der Waals surface area contributed by atoms with Crippen LogP contribution in [0.5, 0.6) is 0 Å². The van der Waals surface area contributed by atoms with Crippen LogP contribution in [0.4, 0.5) is 13.2 Å². The fourth-order valence-corrected chi connectivity index (χ4v) is 1.85. The number of rotatable bonds is 1.